The second-order valence-corrected chi connectivity index (χ2v) is 6.15. The molecule has 0 spiro atoms. The summed E-state index contributed by atoms with van der Waals surface area (Å²) in [6, 6.07) is 15.8. The average molecular weight is 365 g/mol. The van der Waals surface area contributed by atoms with Gasteiger partial charge in [-0.2, -0.15) is 0 Å². The molecule has 0 aliphatic rings. The molecule has 2 aromatic rings. The van der Waals surface area contributed by atoms with Gasteiger partial charge in [0.25, 0.3) is 0 Å². The summed E-state index contributed by atoms with van der Waals surface area (Å²) in [5.74, 6) is 0. The van der Waals surface area contributed by atoms with Crippen LogP contribution in [0.2, 0.25) is 0 Å². The standard InChI is InChI=1S/C17H20IN/c1-4-19-17(14-6-8-15(18)9-7-14)16-10-5-12(2)11-13(16)3/h5-11,17,19H,4H2,1-3H3. The zero-order valence-electron chi connectivity index (χ0n) is 11.7. The van der Waals surface area contributed by atoms with Crippen LogP contribution < -0.4 is 5.32 Å². The summed E-state index contributed by atoms with van der Waals surface area (Å²) in [7, 11) is 0. The molecular formula is C17H20IN. The highest BCUT2D eigenvalue weighted by Crippen LogP contribution is 2.26. The second kappa shape index (κ2) is 6.53. The molecule has 0 fully saturated rings. The van der Waals surface area contributed by atoms with Crippen LogP contribution in [0.25, 0.3) is 0 Å². The molecule has 2 heteroatoms. The number of rotatable bonds is 4. The number of hydrogen-bond donors (Lipinski definition) is 1. The second-order valence-electron chi connectivity index (χ2n) is 4.90. The molecular weight excluding hydrogens is 345 g/mol. The highest BCUT2D eigenvalue weighted by atomic mass is 127. The van der Waals surface area contributed by atoms with Crippen LogP contribution in [0.4, 0.5) is 0 Å². The van der Waals surface area contributed by atoms with E-state index < -0.39 is 0 Å². The molecule has 19 heavy (non-hydrogen) atoms. The monoisotopic (exact) mass is 365 g/mol. The van der Waals surface area contributed by atoms with E-state index in [0.29, 0.717) is 0 Å². The van der Waals surface area contributed by atoms with Crippen molar-refractivity contribution >= 4 is 22.6 Å². The van der Waals surface area contributed by atoms with E-state index >= 15 is 0 Å². The SMILES string of the molecule is CCNC(c1ccc(I)cc1)c1ccc(C)cc1C. The lowest BCUT2D eigenvalue weighted by atomic mass is 9.94. The quantitative estimate of drug-likeness (QED) is 0.781. The van der Waals surface area contributed by atoms with Gasteiger partial charge < -0.3 is 5.32 Å². The summed E-state index contributed by atoms with van der Waals surface area (Å²) < 4.78 is 1.28. The molecule has 0 saturated carbocycles. The molecule has 0 saturated heterocycles. The van der Waals surface area contributed by atoms with Gasteiger partial charge in [-0.25, -0.2) is 0 Å². The van der Waals surface area contributed by atoms with Crippen molar-refractivity contribution in [1.82, 2.24) is 5.32 Å². The maximum Gasteiger partial charge on any atom is 0.0579 e. The van der Waals surface area contributed by atoms with Crippen LogP contribution in [0.5, 0.6) is 0 Å². The number of aryl methyl sites for hydroxylation is 2. The van der Waals surface area contributed by atoms with E-state index in [-0.39, 0.29) is 6.04 Å². The van der Waals surface area contributed by atoms with E-state index in [4.69, 9.17) is 0 Å². The average Bonchev–Trinajstić information content (AvgIpc) is 2.38. The maximum absolute atomic E-state index is 3.59. The normalized spacial score (nSPS) is 12.4. The van der Waals surface area contributed by atoms with Crippen molar-refractivity contribution in [3.63, 3.8) is 0 Å². The lowest BCUT2D eigenvalue weighted by Gasteiger charge is -2.21. The zero-order valence-corrected chi connectivity index (χ0v) is 13.9. The summed E-state index contributed by atoms with van der Waals surface area (Å²) in [5.41, 5.74) is 5.37. The molecule has 2 rings (SSSR count). The fourth-order valence-electron chi connectivity index (χ4n) is 2.42. The summed E-state index contributed by atoms with van der Waals surface area (Å²) >= 11 is 2.35. The largest absolute Gasteiger partial charge is 0.307 e. The van der Waals surface area contributed by atoms with Crippen molar-refractivity contribution in [3.05, 3.63) is 68.3 Å². The van der Waals surface area contributed by atoms with E-state index in [1.54, 1.807) is 0 Å². The third kappa shape index (κ3) is 3.57. The third-order valence-corrected chi connectivity index (χ3v) is 4.07. The van der Waals surface area contributed by atoms with E-state index in [0.717, 1.165) is 6.54 Å². The first-order chi connectivity index (χ1) is 9.11. The summed E-state index contributed by atoms with van der Waals surface area (Å²) in [4.78, 5) is 0. The molecule has 0 aliphatic carbocycles. The van der Waals surface area contributed by atoms with Crippen LogP contribution in [-0.2, 0) is 0 Å². The van der Waals surface area contributed by atoms with Gasteiger partial charge >= 0.3 is 0 Å². The molecule has 0 amide bonds. The van der Waals surface area contributed by atoms with Crippen molar-refractivity contribution < 1.29 is 0 Å². The van der Waals surface area contributed by atoms with Crippen LogP contribution in [0.15, 0.2) is 42.5 Å². The minimum absolute atomic E-state index is 0.280. The predicted molar refractivity (Wildman–Crippen MR) is 90.6 cm³/mol. The fraction of sp³-hybridized carbons (Fsp3) is 0.294. The van der Waals surface area contributed by atoms with Gasteiger partial charge in [-0.05, 0) is 71.8 Å². The maximum atomic E-state index is 3.59. The van der Waals surface area contributed by atoms with E-state index in [9.17, 15) is 0 Å². The fourth-order valence-corrected chi connectivity index (χ4v) is 2.78. The molecule has 0 aliphatic heterocycles. The van der Waals surface area contributed by atoms with Crippen molar-refractivity contribution in [2.24, 2.45) is 0 Å². The van der Waals surface area contributed by atoms with Crippen LogP contribution in [-0.4, -0.2) is 6.54 Å². The first kappa shape index (κ1) is 14.5. The molecule has 2 aromatic carbocycles. The van der Waals surface area contributed by atoms with Crippen molar-refractivity contribution in [2.75, 3.05) is 6.54 Å². The number of hydrogen-bond acceptors (Lipinski definition) is 1. The van der Waals surface area contributed by atoms with Crippen molar-refractivity contribution in [3.8, 4) is 0 Å². The Kier molecular flexibility index (Phi) is 4.99. The number of benzene rings is 2. The lowest BCUT2D eigenvalue weighted by Crippen LogP contribution is -2.22. The van der Waals surface area contributed by atoms with Gasteiger partial charge in [-0.1, -0.05) is 42.8 Å². The third-order valence-electron chi connectivity index (χ3n) is 3.35. The molecule has 0 heterocycles. The Morgan fingerprint density at radius 3 is 2.32 bits per heavy atom. The van der Waals surface area contributed by atoms with Gasteiger partial charge in [0.2, 0.25) is 0 Å². The Labute approximate surface area is 129 Å². The molecule has 1 nitrogen and oxygen atoms in total. The Bertz CT molecular complexity index is 546. The van der Waals surface area contributed by atoms with Gasteiger partial charge in [0.15, 0.2) is 0 Å². The summed E-state index contributed by atoms with van der Waals surface area (Å²) in [6.45, 7) is 7.45. The first-order valence-corrected chi connectivity index (χ1v) is 7.75. The van der Waals surface area contributed by atoms with E-state index in [1.165, 1.54) is 25.8 Å². The Balaban J connectivity index is 2.41. The molecule has 1 atom stereocenters. The van der Waals surface area contributed by atoms with Crippen LogP contribution >= 0.6 is 22.6 Å². The summed E-state index contributed by atoms with van der Waals surface area (Å²) in [5, 5.41) is 3.59. The molecule has 100 valence electrons. The smallest absolute Gasteiger partial charge is 0.0579 e. The summed E-state index contributed by atoms with van der Waals surface area (Å²) in [6.07, 6.45) is 0. The van der Waals surface area contributed by atoms with Gasteiger partial charge in [-0.15, -0.1) is 0 Å². The molecule has 0 bridgehead atoms. The molecule has 0 aromatic heterocycles. The molecule has 1 N–H and O–H groups in total. The van der Waals surface area contributed by atoms with Gasteiger partial charge in [0.05, 0.1) is 6.04 Å². The minimum atomic E-state index is 0.280. The van der Waals surface area contributed by atoms with Crippen molar-refractivity contribution in [1.29, 1.82) is 0 Å². The number of nitrogens with one attached hydrogen (secondary N) is 1. The molecule has 0 radical (unpaired) electrons. The van der Waals surface area contributed by atoms with Gasteiger partial charge in [0.1, 0.15) is 0 Å². The predicted octanol–water partition coefficient (Wildman–Crippen LogP) is 4.61. The van der Waals surface area contributed by atoms with Crippen LogP contribution in [0.1, 0.15) is 35.2 Å². The number of halogens is 1. The molecule has 1 unspecified atom stereocenters. The highest BCUT2D eigenvalue weighted by molar-refractivity contribution is 14.1. The van der Waals surface area contributed by atoms with Crippen LogP contribution in [0, 0.1) is 17.4 Å². The Hall–Kier alpha value is -0.870. The Morgan fingerprint density at radius 1 is 1.05 bits per heavy atom. The highest BCUT2D eigenvalue weighted by Gasteiger charge is 2.14. The van der Waals surface area contributed by atoms with Gasteiger partial charge in [0, 0.05) is 3.57 Å². The van der Waals surface area contributed by atoms with Gasteiger partial charge in [-0.3, -0.25) is 0 Å². The minimum Gasteiger partial charge on any atom is -0.307 e. The lowest BCUT2D eigenvalue weighted by molar-refractivity contribution is 0.627. The van der Waals surface area contributed by atoms with E-state index in [2.05, 4.69) is 91.1 Å². The first-order valence-electron chi connectivity index (χ1n) is 6.68. The van der Waals surface area contributed by atoms with E-state index in [1.807, 2.05) is 0 Å². The van der Waals surface area contributed by atoms with Crippen molar-refractivity contribution in [2.45, 2.75) is 26.8 Å². The van der Waals surface area contributed by atoms with Crippen LogP contribution in [0.3, 0.4) is 0 Å². The zero-order chi connectivity index (χ0) is 13.8. The topological polar surface area (TPSA) is 12.0 Å². The Morgan fingerprint density at radius 2 is 1.74 bits per heavy atom.